The summed E-state index contributed by atoms with van der Waals surface area (Å²) in [6.07, 6.45) is 6.75. The molecule has 138 valence electrons. The van der Waals surface area contributed by atoms with E-state index in [9.17, 15) is 0 Å². The Morgan fingerprint density at radius 1 is 0.926 bits per heavy atom. The van der Waals surface area contributed by atoms with Crippen LogP contribution in [0.25, 0.3) is 0 Å². The van der Waals surface area contributed by atoms with Gasteiger partial charge in [0.2, 0.25) is 0 Å². The van der Waals surface area contributed by atoms with E-state index in [2.05, 4.69) is 96.2 Å². The van der Waals surface area contributed by atoms with E-state index in [4.69, 9.17) is 0 Å². The second-order valence-electron chi connectivity index (χ2n) is 7.69. The van der Waals surface area contributed by atoms with E-state index in [0.717, 1.165) is 32.5 Å². The van der Waals surface area contributed by atoms with Crippen molar-refractivity contribution in [1.82, 2.24) is 9.80 Å². The lowest BCUT2D eigenvalue weighted by Gasteiger charge is -2.43. The molecule has 2 aromatic carbocycles. The molecule has 2 nitrogen and oxygen atoms in total. The van der Waals surface area contributed by atoms with Crippen molar-refractivity contribution >= 4 is 0 Å². The predicted octanol–water partition coefficient (Wildman–Crippen LogP) is 5.16. The Bertz CT molecular complexity index is 848. The first-order chi connectivity index (χ1) is 13.2. The maximum absolute atomic E-state index is 4.34. The van der Waals surface area contributed by atoms with Crippen molar-refractivity contribution in [3.63, 3.8) is 0 Å². The van der Waals surface area contributed by atoms with Crippen LogP contribution in [0, 0.1) is 0 Å². The largest absolute Gasteiger partial charge is 0.348 e. The van der Waals surface area contributed by atoms with Crippen LogP contribution >= 0.6 is 0 Å². The van der Waals surface area contributed by atoms with E-state index >= 15 is 0 Å². The van der Waals surface area contributed by atoms with Crippen LogP contribution in [0.5, 0.6) is 0 Å². The standard InChI is InChI=1S/C25H28N2/c1-20-15-25-19-26(17-23-11-7-4-8-12-23)21(2)16-27(25)18-24(20)14-13-22-9-5-3-6-10-22/h3-12,15,18,21H,1,13-14,16-17,19H2,2H3. The van der Waals surface area contributed by atoms with Gasteiger partial charge in [-0.15, -0.1) is 0 Å². The molecular formula is C25H28N2. The summed E-state index contributed by atoms with van der Waals surface area (Å²) in [5, 5.41) is 0. The van der Waals surface area contributed by atoms with Gasteiger partial charge >= 0.3 is 0 Å². The minimum Gasteiger partial charge on any atom is -0.348 e. The number of benzene rings is 2. The molecule has 1 fully saturated rings. The predicted molar refractivity (Wildman–Crippen MR) is 113 cm³/mol. The molecule has 2 heterocycles. The Kier molecular flexibility index (Phi) is 5.26. The fraction of sp³-hybridized carbons (Fsp3) is 0.280. The highest BCUT2D eigenvalue weighted by atomic mass is 15.3. The highest BCUT2D eigenvalue weighted by Gasteiger charge is 2.28. The van der Waals surface area contributed by atoms with Crippen molar-refractivity contribution in [2.24, 2.45) is 0 Å². The third kappa shape index (κ3) is 4.23. The van der Waals surface area contributed by atoms with Crippen molar-refractivity contribution in [3.05, 3.63) is 107 Å². The van der Waals surface area contributed by atoms with Gasteiger partial charge in [-0.3, -0.25) is 4.90 Å². The third-order valence-electron chi connectivity index (χ3n) is 5.64. The SMILES string of the molecule is C=C1C=C2CN(Cc3ccccc3)C(C)CN2C=C1CCc1ccccc1. The van der Waals surface area contributed by atoms with Crippen LogP contribution in [0.4, 0.5) is 0 Å². The van der Waals surface area contributed by atoms with Crippen molar-refractivity contribution in [1.29, 1.82) is 0 Å². The molecule has 0 amide bonds. The molecule has 0 bridgehead atoms. The van der Waals surface area contributed by atoms with E-state index in [-0.39, 0.29) is 0 Å². The minimum absolute atomic E-state index is 0.528. The molecule has 2 aromatic rings. The van der Waals surface area contributed by atoms with E-state index in [1.807, 2.05) is 0 Å². The van der Waals surface area contributed by atoms with Crippen molar-refractivity contribution in [2.75, 3.05) is 13.1 Å². The maximum Gasteiger partial charge on any atom is 0.0394 e. The summed E-state index contributed by atoms with van der Waals surface area (Å²) >= 11 is 0. The second kappa shape index (κ2) is 7.98. The van der Waals surface area contributed by atoms with Crippen LogP contribution < -0.4 is 0 Å². The van der Waals surface area contributed by atoms with Gasteiger partial charge in [-0.2, -0.15) is 0 Å². The zero-order valence-electron chi connectivity index (χ0n) is 16.1. The number of hydrogen-bond donors (Lipinski definition) is 0. The van der Waals surface area contributed by atoms with E-state index in [0.29, 0.717) is 6.04 Å². The van der Waals surface area contributed by atoms with Gasteiger partial charge in [0.1, 0.15) is 0 Å². The highest BCUT2D eigenvalue weighted by molar-refractivity contribution is 5.44. The van der Waals surface area contributed by atoms with Crippen LogP contribution in [-0.2, 0) is 13.0 Å². The number of hydrogen-bond acceptors (Lipinski definition) is 2. The summed E-state index contributed by atoms with van der Waals surface area (Å²) in [5.74, 6) is 0. The van der Waals surface area contributed by atoms with Gasteiger partial charge in [0.05, 0.1) is 0 Å². The molecule has 27 heavy (non-hydrogen) atoms. The lowest BCUT2D eigenvalue weighted by atomic mass is 9.95. The molecule has 1 atom stereocenters. The number of rotatable bonds is 5. The molecule has 0 saturated carbocycles. The lowest BCUT2D eigenvalue weighted by molar-refractivity contribution is 0.137. The summed E-state index contributed by atoms with van der Waals surface area (Å²) in [4.78, 5) is 5.01. The van der Waals surface area contributed by atoms with E-state index < -0.39 is 0 Å². The van der Waals surface area contributed by atoms with Crippen LogP contribution in [0.15, 0.2) is 96.4 Å². The number of nitrogens with zero attached hydrogens (tertiary/aromatic N) is 2. The Morgan fingerprint density at radius 3 is 2.30 bits per heavy atom. The zero-order chi connectivity index (χ0) is 18.6. The molecule has 0 radical (unpaired) electrons. The zero-order valence-corrected chi connectivity index (χ0v) is 16.1. The van der Waals surface area contributed by atoms with Gasteiger partial charge in [0.15, 0.2) is 0 Å². The number of allylic oxidation sites excluding steroid dienone is 3. The molecule has 0 spiro atoms. The number of aryl methyl sites for hydroxylation is 1. The lowest BCUT2D eigenvalue weighted by Crippen LogP contribution is -2.48. The molecule has 4 rings (SSSR count). The van der Waals surface area contributed by atoms with Crippen LogP contribution in [0.3, 0.4) is 0 Å². The van der Waals surface area contributed by atoms with Crippen LogP contribution in [-0.4, -0.2) is 28.9 Å². The molecule has 2 aliphatic heterocycles. The number of piperazine rings is 1. The minimum atomic E-state index is 0.528. The number of fused-ring (bicyclic) bond motifs is 1. The molecular weight excluding hydrogens is 328 g/mol. The van der Waals surface area contributed by atoms with Crippen molar-refractivity contribution in [2.45, 2.75) is 32.4 Å². The molecule has 2 heteroatoms. The quantitative estimate of drug-likeness (QED) is 0.730. The van der Waals surface area contributed by atoms with Crippen molar-refractivity contribution < 1.29 is 0 Å². The van der Waals surface area contributed by atoms with Crippen LogP contribution in [0.1, 0.15) is 24.5 Å². The third-order valence-corrected chi connectivity index (χ3v) is 5.64. The molecule has 2 aliphatic rings. The summed E-state index contributed by atoms with van der Waals surface area (Å²) in [7, 11) is 0. The summed E-state index contributed by atoms with van der Waals surface area (Å²) in [6, 6.07) is 22.0. The van der Waals surface area contributed by atoms with Gasteiger partial charge in [-0.1, -0.05) is 67.2 Å². The molecule has 0 aromatic heterocycles. The fourth-order valence-electron chi connectivity index (χ4n) is 3.98. The monoisotopic (exact) mass is 356 g/mol. The Balaban J connectivity index is 1.42. The summed E-state index contributed by atoms with van der Waals surface area (Å²) in [5.41, 5.74) is 6.68. The Morgan fingerprint density at radius 2 is 1.59 bits per heavy atom. The molecule has 1 saturated heterocycles. The average Bonchev–Trinajstić information content (AvgIpc) is 2.69. The molecule has 0 aliphatic carbocycles. The van der Waals surface area contributed by atoms with Crippen LogP contribution in [0.2, 0.25) is 0 Å². The first-order valence-corrected chi connectivity index (χ1v) is 9.88. The Labute approximate surface area is 163 Å². The van der Waals surface area contributed by atoms with Gasteiger partial charge in [-0.25, -0.2) is 0 Å². The average molecular weight is 357 g/mol. The highest BCUT2D eigenvalue weighted by Crippen LogP contribution is 2.30. The second-order valence-corrected chi connectivity index (χ2v) is 7.69. The van der Waals surface area contributed by atoms with Gasteiger partial charge in [-0.05, 0) is 48.1 Å². The molecule has 1 unspecified atom stereocenters. The van der Waals surface area contributed by atoms with Gasteiger partial charge < -0.3 is 4.90 Å². The first kappa shape index (κ1) is 17.8. The smallest absolute Gasteiger partial charge is 0.0394 e. The Hall–Kier alpha value is -2.58. The fourth-order valence-corrected chi connectivity index (χ4v) is 3.98. The van der Waals surface area contributed by atoms with E-state index in [1.54, 1.807) is 0 Å². The maximum atomic E-state index is 4.34. The normalized spacial score (nSPS) is 20.1. The van der Waals surface area contributed by atoms with Gasteiger partial charge in [0.25, 0.3) is 0 Å². The summed E-state index contributed by atoms with van der Waals surface area (Å²) in [6.45, 7) is 9.70. The molecule has 0 N–H and O–H groups in total. The summed E-state index contributed by atoms with van der Waals surface area (Å²) < 4.78 is 0. The van der Waals surface area contributed by atoms with E-state index in [1.165, 1.54) is 28.0 Å². The topological polar surface area (TPSA) is 6.48 Å². The van der Waals surface area contributed by atoms with Crippen molar-refractivity contribution in [3.8, 4) is 0 Å². The van der Waals surface area contributed by atoms with Gasteiger partial charge in [0, 0.05) is 37.6 Å². The first-order valence-electron chi connectivity index (χ1n) is 9.88.